The molecule has 3 rings (SSSR count). The standard InChI is InChI=1S/C12H9BrN4O2/c1-17-10-3-2-6(4-7(10)11(13)16-17)8-5-9(12(18)19)15-14-8/h2-5H,1H3,(H,14,15)(H,18,19). The van der Waals surface area contributed by atoms with E-state index in [0.29, 0.717) is 5.69 Å². The lowest BCUT2D eigenvalue weighted by molar-refractivity contribution is 0.0690. The van der Waals surface area contributed by atoms with Gasteiger partial charge in [-0.05, 0) is 34.1 Å². The number of hydrogen-bond acceptors (Lipinski definition) is 3. The molecule has 2 N–H and O–H groups in total. The molecule has 0 radical (unpaired) electrons. The maximum atomic E-state index is 10.8. The molecule has 0 atom stereocenters. The number of carboxylic acids is 1. The van der Waals surface area contributed by atoms with Crippen molar-refractivity contribution in [3.05, 3.63) is 34.6 Å². The maximum absolute atomic E-state index is 10.8. The zero-order chi connectivity index (χ0) is 13.6. The average molecular weight is 321 g/mol. The summed E-state index contributed by atoms with van der Waals surface area (Å²) in [5, 5.41) is 20.6. The number of carbonyl (C=O) groups is 1. The lowest BCUT2D eigenvalue weighted by Crippen LogP contribution is -1.95. The Kier molecular flexibility index (Phi) is 2.63. The fourth-order valence-electron chi connectivity index (χ4n) is 1.96. The van der Waals surface area contributed by atoms with E-state index < -0.39 is 5.97 Å². The highest BCUT2D eigenvalue weighted by atomic mass is 79.9. The first-order valence-electron chi connectivity index (χ1n) is 5.47. The molecule has 96 valence electrons. The van der Waals surface area contributed by atoms with Gasteiger partial charge < -0.3 is 5.11 Å². The molecule has 2 heterocycles. The summed E-state index contributed by atoms with van der Waals surface area (Å²) >= 11 is 3.40. The second-order valence-electron chi connectivity index (χ2n) is 4.12. The van der Waals surface area contributed by atoms with Gasteiger partial charge in [-0.15, -0.1) is 0 Å². The van der Waals surface area contributed by atoms with Crippen LogP contribution in [0.25, 0.3) is 22.2 Å². The molecule has 0 amide bonds. The minimum atomic E-state index is -1.03. The van der Waals surface area contributed by atoms with Crippen LogP contribution in [0.5, 0.6) is 0 Å². The fraction of sp³-hybridized carbons (Fsp3) is 0.0833. The number of benzene rings is 1. The number of nitrogens with zero attached hydrogens (tertiary/aromatic N) is 3. The van der Waals surface area contributed by atoms with Gasteiger partial charge in [0.15, 0.2) is 0 Å². The number of H-pyrrole nitrogens is 1. The fourth-order valence-corrected chi connectivity index (χ4v) is 2.52. The third-order valence-corrected chi connectivity index (χ3v) is 3.50. The van der Waals surface area contributed by atoms with Gasteiger partial charge in [-0.1, -0.05) is 6.07 Å². The first kappa shape index (κ1) is 11.9. The van der Waals surface area contributed by atoms with Crippen molar-refractivity contribution in [3.63, 3.8) is 0 Å². The molecule has 0 saturated carbocycles. The van der Waals surface area contributed by atoms with Crippen molar-refractivity contribution < 1.29 is 9.90 Å². The van der Waals surface area contributed by atoms with Crippen LogP contribution in [0.2, 0.25) is 0 Å². The van der Waals surface area contributed by atoms with Crippen molar-refractivity contribution in [3.8, 4) is 11.3 Å². The molecule has 0 aliphatic rings. The van der Waals surface area contributed by atoms with Gasteiger partial charge in [0.05, 0.1) is 11.2 Å². The minimum absolute atomic E-state index is 0.0698. The van der Waals surface area contributed by atoms with Crippen LogP contribution in [0.1, 0.15) is 10.5 Å². The van der Waals surface area contributed by atoms with Crippen LogP contribution in [0, 0.1) is 0 Å². The highest BCUT2D eigenvalue weighted by Crippen LogP contribution is 2.28. The van der Waals surface area contributed by atoms with Crippen LogP contribution >= 0.6 is 15.9 Å². The number of aromatic carboxylic acids is 1. The number of hydrogen-bond donors (Lipinski definition) is 2. The maximum Gasteiger partial charge on any atom is 0.353 e. The van der Waals surface area contributed by atoms with Gasteiger partial charge in [-0.3, -0.25) is 9.78 Å². The van der Waals surface area contributed by atoms with Crippen molar-refractivity contribution >= 4 is 32.8 Å². The van der Waals surface area contributed by atoms with Gasteiger partial charge in [0.1, 0.15) is 10.3 Å². The Balaban J connectivity index is 2.14. The first-order valence-corrected chi connectivity index (χ1v) is 6.27. The van der Waals surface area contributed by atoms with Crippen molar-refractivity contribution in [2.45, 2.75) is 0 Å². The molecule has 0 fully saturated rings. The molecule has 6 nitrogen and oxygen atoms in total. The number of fused-ring (bicyclic) bond motifs is 1. The third kappa shape index (κ3) is 1.91. The zero-order valence-corrected chi connectivity index (χ0v) is 11.5. The van der Waals surface area contributed by atoms with Crippen LogP contribution in [0.3, 0.4) is 0 Å². The van der Waals surface area contributed by atoms with Crippen molar-refractivity contribution in [1.29, 1.82) is 0 Å². The van der Waals surface area contributed by atoms with Crippen LogP contribution in [0.15, 0.2) is 28.9 Å². The molecule has 0 saturated heterocycles. The van der Waals surface area contributed by atoms with Crippen molar-refractivity contribution in [2.75, 3.05) is 0 Å². The molecule has 0 bridgehead atoms. The molecule has 3 aromatic rings. The summed E-state index contributed by atoms with van der Waals surface area (Å²) in [5.74, 6) is -1.03. The SMILES string of the molecule is Cn1nc(Br)c2cc(-c3cc(C(=O)O)[nH]n3)ccc21. The van der Waals surface area contributed by atoms with Crippen molar-refractivity contribution in [2.24, 2.45) is 7.05 Å². The number of aromatic amines is 1. The zero-order valence-electron chi connectivity index (χ0n) is 9.88. The van der Waals surface area contributed by atoms with Crippen LogP contribution in [-0.4, -0.2) is 31.1 Å². The topological polar surface area (TPSA) is 83.8 Å². The van der Waals surface area contributed by atoms with Crippen LogP contribution in [0.4, 0.5) is 0 Å². The summed E-state index contributed by atoms with van der Waals surface area (Å²) in [6.07, 6.45) is 0. The number of aromatic nitrogens is 4. The van der Waals surface area contributed by atoms with Gasteiger partial charge in [0, 0.05) is 18.0 Å². The van der Waals surface area contributed by atoms with E-state index in [-0.39, 0.29) is 5.69 Å². The van der Waals surface area contributed by atoms with Crippen molar-refractivity contribution in [1.82, 2.24) is 20.0 Å². The third-order valence-electron chi connectivity index (χ3n) is 2.91. The van der Waals surface area contributed by atoms with E-state index in [1.165, 1.54) is 6.07 Å². The molecule has 2 aromatic heterocycles. The molecule has 0 aliphatic heterocycles. The Morgan fingerprint density at radius 2 is 2.21 bits per heavy atom. The van der Waals surface area contributed by atoms with Gasteiger partial charge >= 0.3 is 5.97 Å². The molecule has 19 heavy (non-hydrogen) atoms. The summed E-state index contributed by atoms with van der Waals surface area (Å²) in [7, 11) is 1.86. The lowest BCUT2D eigenvalue weighted by Gasteiger charge is -1.98. The molecule has 0 aliphatic carbocycles. The molecule has 1 aromatic carbocycles. The summed E-state index contributed by atoms with van der Waals surface area (Å²) < 4.78 is 2.53. The predicted molar refractivity (Wildman–Crippen MR) is 73.0 cm³/mol. The molecule has 7 heteroatoms. The summed E-state index contributed by atoms with van der Waals surface area (Å²) in [5.41, 5.74) is 2.49. The second-order valence-corrected chi connectivity index (χ2v) is 4.87. The summed E-state index contributed by atoms with van der Waals surface area (Å²) in [6, 6.07) is 7.25. The summed E-state index contributed by atoms with van der Waals surface area (Å²) in [4.78, 5) is 10.8. The molecular weight excluding hydrogens is 312 g/mol. The predicted octanol–water partition coefficient (Wildman–Crippen LogP) is 2.42. The number of halogens is 1. The van der Waals surface area contributed by atoms with E-state index in [4.69, 9.17) is 5.11 Å². The van der Waals surface area contributed by atoms with E-state index in [2.05, 4.69) is 31.2 Å². The Morgan fingerprint density at radius 1 is 1.42 bits per heavy atom. The average Bonchev–Trinajstić information content (AvgIpc) is 2.96. The number of rotatable bonds is 2. The monoisotopic (exact) mass is 320 g/mol. The normalized spacial score (nSPS) is 11.1. The van der Waals surface area contributed by atoms with E-state index in [9.17, 15) is 4.79 Å². The minimum Gasteiger partial charge on any atom is -0.477 e. The molecular formula is C12H9BrN4O2. The number of carboxylic acid groups (broad SMARTS) is 1. The van der Waals surface area contributed by atoms with Gasteiger partial charge in [-0.2, -0.15) is 10.2 Å². The number of aryl methyl sites for hydroxylation is 1. The van der Waals surface area contributed by atoms with E-state index in [1.54, 1.807) is 4.68 Å². The number of nitrogens with one attached hydrogen (secondary N) is 1. The van der Waals surface area contributed by atoms with E-state index in [0.717, 1.165) is 21.1 Å². The second kappa shape index (κ2) is 4.20. The smallest absolute Gasteiger partial charge is 0.353 e. The Hall–Kier alpha value is -2.15. The quantitative estimate of drug-likeness (QED) is 0.759. The Labute approximate surface area is 116 Å². The Morgan fingerprint density at radius 3 is 2.89 bits per heavy atom. The first-order chi connectivity index (χ1) is 9.06. The highest BCUT2D eigenvalue weighted by molar-refractivity contribution is 9.10. The van der Waals surface area contributed by atoms with Crippen LogP contribution in [-0.2, 0) is 7.05 Å². The van der Waals surface area contributed by atoms with E-state index in [1.807, 2.05) is 25.2 Å². The summed E-state index contributed by atoms with van der Waals surface area (Å²) in [6.45, 7) is 0. The van der Waals surface area contributed by atoms with Crippen LogP contribution < -0.4 is 0 Å². The van der Waals surface area contributed by atoms with Gasteiger partial charge in [0.2, 0.25) is 0 Å². The highest BCUT2D eigenvalue weighted by Gasteiger charge is 2.12. The van der Waals surface area contributed by atoms with Gasteiger partial charge in [-0.25, -0.2) is 4.79 Å². The van der Waals surface area contributed by atoms with E-state index >= 15 is 0 Å². The van der Waals surface area contributed by atoms with Gasteiger partial charge in [0.25, 0.3) is 0 Å². The Bertz CT molecular complexity index is 790. The molecule has 0 unspecified atom stereocenters. The molecule has 0 spiro atoms. The largest absolute Gasteiger partial charge is 0.477 e. The lowest BCUT2D eigenvalue weighted by atomic mass is 10.1.